The van der Waals surface area contributed by atoms with E-state index in [0.29, 0.717) is 23.7 Å². The first-order chi connectivity index (χ1) is 10.2. The van der Waals surface area contributed by atoms with Crippen LogP contribution in [0.4, 0.5) is 0 Å². The molecule has 0 heterocycles. The topological polar surface area (TPSA) is 0 Å². The zero-order valence-electron chi connectivity index (χ0n) is 15.6. The van der Waals surface area contributed by atoms with Crippen molar-refractivity contribution in [1.82, 2.24) is 0 Å². The van der Waals surface area contributed by atoms with Crippen molar-refractivity contribution in [3.05, 3.63) is 46.5 Å². The lowest BCUT2D eigenvalue weighted by atomic mass is 9.82. The molecule has 0 aliphatic carbocycles. The monoisotopic (exact) mass is 296 g/mol. The minimum Gasteiger partial charge on any atom is -0.0587 e. The number of rotatable bonds is 4. The molecule has 120 valence electrons. The molecule has 0 aliphatic heterocycles. The molecule has 0 fully saturated rings. The molecule has 0 aromatic heterocycles. The Balaban J connectivity index is 2.86. The van der Waals surface area contributed by atoms with E-state index in [2.05, 4.69) is 79.7 Å². The van der Waals surface area contributed by atoms with Crippen molar-refractivity contribution < 1.29 is 0 Å². The maximum atomic E-state index is 2.48. The lowest BCUT2D eigenvalue weighted by molar-refractivity contribution is 0.786. The lowest BCUT2D eigenvalue weighted by Crippen LogP contribution is -2.03. The summed E-state index contributed by atoms with van der Waals surface area (Å²) in [5.74, 6) is 2.29. The smallest absolute Gasteiger partial charge is 0.0143 e. The molecule has 2 aromatic rings. The third kappa shape index (κ3) is 3.07. The van der Waals surface area contributed by atoms with Crippen molar-refractivity contribution in [3.63, 3.8) is 0 Å². The number of benzene rings is 2. The van der Waals surface area contributed by atoms with Gasteiger partial charge in [-0.15, -0.1) is 0 Å². The lowest BCUT2D eigenvalue weighted by Gasteiger charge is -2.23. The molecule has 0 saturated heterocycles. The van der Waals surface area contributed by atoms with Crippen molar-refractivity contribution >= 4 is 10.8 Å². The normalized spacial score (nSPS) is 12.4. The minimum absolute atomic E-state index is 0.561. The summed E-state index contributed by atoms with van der Waals surface area (Å²) in [4.78, 5) is 0. The molecule has 22 heavy (non-hydrogen) atoms. The molecule has 0 saturated carbocycles. The summed E-state index contributed by atoms with van der Waals surface area (Å²) in [6, 6.07) is 9.59. The molecule has 0 amide bonds. The van der Waals surface area contributed by atoms with Gasteiger partial charge in [0, 0.05) is 0 Å². The number of hydrogen-bond donors (Lipinski definition) is 0. The third-order valence-electron chi connectivity index (χ3n) is 4.74. The summed E-state index contributed by atoms with van der Waals surface area (Å²) in [7, 11) is 0. The van der Waals surface area contributed by atoms with E-state index in [1.165, 1.54) is 27.5 Å². The Kier molecular flexibility index (Phi) is 5.00. The van der Waals surface area contributed by atoms with Gasteiger partial charge < -0.3 is 0 Å². The van der Waals surface area contributed by atoms with E-state index in [-0.39, 0.29) is 0 Å². The molecule has 2 rings (SSSR count). The Bertz CT molecular complexity index is 651. The molecule has 0 atom stereocenters. The van der Waals surface area contributed by atoms with Crippen molar-refractivity contribution in [2.24, 2.45) is 0 Å². The fourth-order valence-electron chi connectivity index (χ4n) is 3.59. The zero-order valence-corrected chi connectivity index (χ0v) is 15.6. The van der Waals surface area contributed by atoms with Crippen LogP contribution in [0.15, 0.2) is 24.3 Å². The van der Waals surface area contributed by atoms with E-state index in [1.807, 2.05) is 0 Å². The van der Waals surface area contributed by atoms with Crippen LogP contribution in [-0.4, -0.2) is 0 Å². The second kappa shape index (κ2) is 6.44. The first kappa shape index (κ1) is 17.1. The van der Waals surface area contributed by atoms with Crippen LogP contribution in [0.5, 0.6) is 0 Å². The Morgan fingerprint density at radius 3 is 1.50 bits per heavy atom. The molecule has 0 N–H and O–H groups in total. The van der Waals surface area contributed by atoms with Crippen LogP contribution in [0.1, 0.15) is 101 Å². The largest absolute Gasteiger partial charge is 0.0587 e. The molecule has 0 bridgehead atoms. The van der Waals surface area contributed by atoms with E-state index in [4.69, 9.17) is 0 Å². The van der Waals surface area contributed by atoms with Crippen LogP contribution in [0, 0.1) is 0 Å². The molecule has 0 nitrogen and oxygen atoms in total. The van der Waals surface area contributed by atoms with Gasteiger partial charge in [0.15, 0.2) is 0 Å². The number of hydrogen-bond acceptors (Lipinski definition) is 0. The molecule has 2 aromatic carbocycles. The molecular formula is C22H32. The van der Waals surface area contributed by atoms with Gasteiger partial charge in [-0.05, 0) is 56.7 Å². The second-order valence-corrected chi connectivity index (χ2v) is 7.89. The van der Waals surface area contributed by atoms with Crippen LogP contribution in [0.25, 0.3) is 10.8 Å². The Labute approximate surface area is 136 Å². The predicted octanol–water partition coefficient (Wildman–Crippen LogP) is 7.33. The summed E-state index contributed by atoms with van der Waals surface area (Å²) in [5, 5.41) is 2.87. The first-order valence-corrected chi connectivity index (χ1v) is 8.84. The summed E-state index contributed by atoms with van der Waals surface area (Å²) >= 11 is 0. The minimum atomic E-state index is 0.561. The van der Waals surface area contributed by atoms with Gasteiger partial charge in [-0.3, -0.25) is 0 Å². The van der Waals surface area contributed by atoms with Crippen molar-refractivity contribution in [3.8, 4) is 0 Å². The van der Waals surface area contributed by atoms with Gasteiger partial charge in [-0.25, -0.2) is 0 Å². The van der Waals surface area contributed by atoms with Crippen LogP contribution >= 0.6 is 0 Å². The highest BCUT2D eigenvalue weighted by Gasteiger charge is 2.17. The van der Waals surface area contributed by atoms with Crippen molar-refractivity contribution in [2.75, 3.05) is 0 Å². The fraction of sp³-hybridized carbons (Fsp3) is 0.545. The first-order valence-electron chi connectivity index (χ1n) is 8.84. The average Bonchev–Trinajstić information content (AvgIpc) is 2.43. The van der Waals surface area contributed by atoms with Gasteiger partial charge in [0.25, 0.3) is 0 Å². The highest BCUT2D eigenvalue weighted by Crippen LogP contribution is 2.37. The average molecular weight is 296 g/mol. The molecular weight excluding hydrogens is 264 g/mol. The van der Waals surface area contributed by atoms with Crippen LogP contribution in [0.2, 0.25) is 0 Å². The Morgan fingerprint density at radius 2 is 1.05 bits per heavy atom. The van der Waals surface area contributed by atoms with Gasteiger partial charge in [-0.1, -0.05) is 79.7 Å². The third-order valence-corrected chi connectivity index (χ3v) is 4.74. The van der Waals surface area contributed by atoms with E-state index < -0.39 is 0 Å². The summed E-state index contributed by atoms with van der Waals surface area (Å²) < 4.78 is 0. The van der Waals surface area contributed by atoms with Crippen LogP contribution in [0.3, 0.4) is 0 Å². The van der Waals surface area contributed by atoms with Crippen molar-refractivity contribution in [1.29, 1.82) is 0 Å². The van der Waals surface area contributed by atoms with E-state index in [1.54, 1.807) is 5.56 Å². The SMILES string of the molecule is CC(C)c1cc2ccc(C(C)C)c(C(C)C)c2cc1C(C)C. The quantitative estimate of drug-likeness (QED) is 0.554. The summed E-state index contributed by atoms with van der Waals surface area (Å²) in [5.41, 5.74) is 6.08. The summed E-state index contributed by atoms with van der Waals surface area (Å²) in [6.45, 7) is 18.5. The molecule has 0 aliphatic rings. The van der Waals surface area contributed by atoms with E-state index in [0.717, 1.165) is 0 Å². The highest BCUT2D eigenvalue weighted by molar-refractivity contribution is 5.89. The van der Waals surface area contributed by atoms with Gasteiger partial charge >= 0.3 is 0 Å². The fourth-order valence-corrected chi connectivity index (χ4v) is 3.59. The van der Waals surface area contributed by atoms with Gasteiger partial charge in [0.05, 0.1) is 0 Å². The Hall–Kier alpha value is -1.30. The molecule has 0 spiro atoms. The molecule has 0 radical (unpaired) electrons. The maximum Gasteiger partial charge on any atom is -0.0143 e. The maximum absolute atomic E-state index is 2.48. The predicted molar refractivity (Wildman–Crippen MR) is 100 cm³/mol. The number of fused-ring (bicyclic) bond motifs is 1. The second-order valence-electron chi connectivity index (χ2n) is 7.89. The van der Waals surface area contributed by atoms with E-state index in [9.17, 15) is 0 Å². The Morgan fingerprint density at radius 1 is 0.545 bits per heavy atom. The van der Waals surface area contributed by atoms with Crippen LogP contribution < -0.4 is 0 Å². The summed E-state index contributed by atoms with van der Waals surface area (Å²) in [6.07, 6.45) is 0. The van der Waals surface area contributed by atoms with Crippen molar-refractivity contribution in [2.45, 2.75) is 79.1 Å². The molecule has 0 unspecified atom stereocenters. The van der Waals surface area contributed by atoms with Gasteiger partial charge in [-0.2, -0.15) is 0 Å². The highest BCUT2D eigenvalue weighted by atomic mass is 14.2. The zero-order chi connectivity index (χ0) is 16.6. The molecule has 0 heteroatoms. The van der Waals surface area contributed by atoms with Gasteiger partial charge in [0.1, 0.15) is 0 Å². The van der Waals surface area contributed by atoms with Crippen LogP contribution in [-0.2, 0) is 0 Å². The van der Waals surface area contributed by atoms with E-state index >= 15 is 0 Å². The standard InChI is InChI=1S/C22H32/c1-13(2)18-10-9-17-11-19(14(3)4)20(15(5)6)12-21(17)22(18)16(7)8/h9-16H,1-8H3. The van der Waals surface area contributed by atoms with Gasteiger partial charge in [0.2, 0.25) is 0 Å².